The average molecular weight is 411 g/mol. The van der Waals surface area contributed by atoms with E-state index in [-0.39, 0.29) is 16.8 Å². The summed E-state index contributed by atoms with van der Waals surface area (Å²) in [6.07, 6.45) is 0. The van der Waals surface area contributed by atoms with Crippen LogP contribution in [0.4, 0.5) is 5.82 Å². The number of hydrogen-bond donors (Lipinski definition) is 0. The molecule has 0 saturated carbocycles. The quantitative estimate of drug-likeness (QED) is 0.477. The first-order valence-electron chi connectivity index (χ1n) is 8.33. The molecule has 2 aromatic carbocycles. The molecule has 0 aliphatic carbocycles. The van der Waals surface area contributed by atoms with Crippen LogP contribution in [0, 0.1) is 6.07 Å². The number of nitrogens with zero attached hydrogens (tertiary/aromatic N) is 2. The molecule has 1 radical (unpaired) electrons. The smallest absolute Gasteiger partial charge is 0.273 e. The Hall–Kier alpha value is -2.44. The van der Waals surface area contributed by atoms with Gasteiger partial charge in [-0.15, -0.1) is 6.07 Å². The van der Waals surface area contributed by atoms with Crippen molar-refractivity contribution in [3.05, 3.63) is 42.5 Å². The minimum Gasteiger partial charge on any atom is -0.518 e. The molecule has 145 valence electrons. The number of anilines is 1. The predicted molar refractivity (Wildman–Crippen MR) is 103 cm³/mol. The van der Waals surface area contributed by atoms with Gasteiger partial charge in [-0.05, 0) is 17.7 Å². The van der Waals surface area contributed by atoms with Gasteiger partial charge in [-0.25, -0.2) is 0 Å². The Labute approximate surface area is 170 Å². The molecule has 0 spiro atoms. The zero-order valence-electron chi connectivity index (χ0n) is 16.4. The normalized spacial score (nSPS) is 10.3. The molecule has 0 fully saturated rings. The van der Waals surface area contributed by atoms with Crippen LogP contribution >= 0.6 is 0 Å². The van der Waals surface area contributed by atoms with Gasteiger partial charge >= 0.3 is 0 Å². The number of benzene rings is 2. The molecule has 6 heteroatoms. The van der Waals surface area contributed by atoms with Crippen molar-refractivity contribution in [3.8, 4) is 28.4 Å². The molecule has 5 nitrogen and oxygen atoms in total. The number of rotatable bonds is 5. The van der Waals surface area contributed by atoms with Gasteiger partial charge < -0.3 is 14.2 Å². The van der Waals surface area contributed by atoms with Crippen molar-refractivity contribution >= 4 is 16.7 Å². The van der Waals surface area contributed by atoms with E-state index in [2.05, 4.69) is 21.6 Å². The number of methoxy groups -OCH3 is 3. The summed E-state index contributed by atoms with van der Waals surface area (Å²) in [6.45, 7) is 0. The van der Waals surface area contributed by atoms with Crippen LogP contribution in [0.2, 0.25) is 0 Å². The minimum atomic E-state index is 0. The standard InChI is InChI=1S/C21H24N2O3.Co/c1-22(2)21-16(14-10-11-17(24-4)19(13-14)26-6)12-15-8-7-9-18(25-5)20(15)23(21)3;/h7-8,10-13H,1-6H3;. The number of hydrogen-bond acceptors (Lipinski definition) is 4. The average Bonchev–Trinajstić information content (AvgIpc) is 2.66. The van der Waals surface area contributed by atoms with E-state index < -0.39 is 0 Å². The van der Waals surface area contributed by atoms with Crippen molar-refractivity contribution in [3.63, 3.8) is 0 Å². The van der Waals surface area contributed by atoms with Gasteiger partial charge in [0.1, 0.15) is 0 Å². The summed E-state index contributed by atoms with van der Waals surface area (Å²) < 4.78 is 18.5. The number of ether oxygens (including phenoxy) is 3. The van der Waals surface area contributed by atoms with Crippen LogP contribution in [0.15, 0.2) is 36.4 Å². The Morgan fingerprint density at radius 2 is 1.63 bits per heavy atom. The molecule has 3 aromatic rings. The largest absolute Gasteiger partial charge is 0.518 e. The van der Waals surface area contributed by atoms with Gasteiger partial charge in [0.2, 0.25) is 0 Å². The summed E-state index contributed by atoms with van der Waals surface area (Å²) in [5.74, 6) is 3.20. The second kappa shape index (κ2) is 8.50. The van der Waals surface area contributed by atoms with Crippen LogP contribution in [0.5, 0.6) is 17.2 Å². The number of pyridine rings is 1. The summed E-state index contributed by atoms with van der Waals surface area (Å²) in [4.78, 5) is 2.10. The SMILES string of the molecule is COc1ccc(-c2cc3cc[c-]c(OC)c3[n+](C)c2N(C)C)cc1OC.[Co]. The third-order valence-corrected chi connectivity index (χ3v) is 4.48. The summed E-state index contributed by atoms with van der Waals surface area (Å²) >= 11 is 0. The fourth-order valence-electron chi connectivity index (χ4n) is 3.37. The van der Waals surface area contributed by atoms with Gasteiger partial charge in [0.15, 0.2) is 11.5 Å². The zero-order valence-corrected chi connectivity index (χ0v) is 17.5. The van der Waals surface area contributed by atoms with E-state index >= 15 is 0 Å². The Bertz CT molecular complexity index is 958. The van der Waals surface area contributed by atoms with Crippen LogP contribution < -0.4 is 23.7 Å². The third-order valence-electron chi connectivity index (χ3n) is 4.48. The van der Waals surface area contributed by atoms with Crippen molar-refractivity contribution in [2.24, 2.45) is 7.05 Å². The van der Waals surface area contributed by atoms with Gasteiger partial charge in [0.05, 0.1) is 59.3 Å². The van der Waals surface area contributed by atoms with Crippen LogP contribution in [-0.2, 0) is 23.8 Å². The fourth-order valence-corrected chi connectivity index (χ4v) is 3.37. The fraction of sp³-hybridized carbons (Fsp3) is 0.286. The van der Waals surface area contributed by atoms with E-state index in [0.717, 1.165) is 33.6 Å². The third kappa shape index (κ3) is 3.68. The molecule has 1 aromatic heterocycles. The molecule has 0 atom stereocenters. The van der Waals surface area contributed by atoms with Gasteiger partial charge in [-0.2, -0.15) is 12.1 Å². The maximum Gasteiger partial charge on any atom is 0.273 e. The van der Waals surface area contributed by atoms with E-state index in [4.69, 9.17) is 14.2 Å². The Morgan fingerprint density at radius 1 is 0.926 bits per heavy atom. The van der Waals surface area contributed by atoms with E-state index in [1.807, 2.05) is 51.5 Å². The number of aromatic nitrogens is 1. The minimum absolute atomic E-state index is 0. The summed E-state index contributed by atoms with van der Waals surface area (Å²) in [6, 6.07) is 15.2. The topological polar surface area (TPSA) is 34.8 Å². The van der Waals surface area contributed by atoms with E-state index in [0.29, 0.717) is 11.5 Å². The molecule has 0 unspecified atom stereocenters. The molecule has 0 aliphatic heterocycles. The molecule has 0 N–H and O–H groups in total. The molecule has 0 bridgehead atoms. The van der Waals surface area contributed by atoms with E-state index in [1.165, 1.54) is 0 Å². The van der Waals surface area contributed by atoms with E-state index in [9.17, 15) is 0 Å². The Kier molecular flexibility index (Phi) is 6.57. The number of fused-ring (bicyclic) bond motifs is 1. The molecular formula is C21H24CoN2O3. The molecular weight excluding hydrogens is 387 g/mol. The van der Waals surface area contributed by atoms with Gasteiger partial charge in [0, 0.05) is 16.8 Å². The molecule has 3 rings (SSSR count). The molecule has 1 heterocycles. The van der Waals surface area contributed by atoms with Gasteiger partial charge in [-0.3, -0.25) is 9.47 Å². The van der Waals surface area contributed by atoms with Crippen LogP contribution in [0.3, 0.4) is 0 Å². The summed E-state index contributed by atoms with van der Waals surface area (Å²) in [5.41, 5.74) is 3.15. The number of aryl methyl sites for hydroxylation is 1. The molecule has 27 heavy (non-hydrogen) atoms. The van der Waals surface area contributed by atoms with Gasteiger partial charge in [0.25, 0.3) is 5.82 Å². The van der Waals surface area contributed by atoms with Crippen LogP contribution in [0.1, 0.15) is 0 Å². The maximum atomic E-state index is 5.52. The Balaban J connectivity index is 0.00000261. The van der Waals surface area contributed by atoms with Crippen LogP contribution in [-0.4, -0.2) is 35.4 Å². The first-order valence-corrected chi connectivity index (χ1v) is 8.33. The monoisotopic (exact) mass is 411 g/mol. The molecule has 0 aliphatic rings. The summed E-state index contributed by atoms with van der Waals surface area (Å²) in [7, 11) is 11.1. The molecule has 0 saturated heterocycles. The summed E-state index contributed by atoms with van der Waals surface area (Å²) in [5, 5.41) is 1.08. The van der Waals surface area contributed by atoms with Crippen molar-refractivity contribution in [1.82, 2.24) is 0 Å². The predicted octanol–water partition coefficient (Wildman–Crippen LogP) is 3.22. The first-order chi connectivity index (χ1) is 12.5. The zero-order chi connectivity index (χ0) is 18.8. The second-order valence-electron chi connectivity index (χ2n) is 6.22. The molecule has 0 amide bonds. The van der Waals surface area contributed by atoms with E-state index in [1.54, 1.807) is 21.3 Å². The van der Waals surface area contributed by atoms with Gasteiger partial charge in [-0.1, -0.05) is 17.5 Å². The van der Waals surface area contributed by atoms with Crippen molar-refractivity contribution < 1.29 is 35.6 Å². The van der Waals surface area contributed by atoms with Crippen LogP contribution in [0.25, 0.3) is 22.0 Å². The first kappa shape index (κ1) is 20.9. The Morgan fingerprint density at radius 3 is 2.22 bits per heavy atom. The van der Waals surface area contributed by atoms with Crippen molar-refractivity contribution in [1.29, 1.82) is 0 Å². The van der Waals surface area contributed by atoms with Crippen molar-refractivity contribution in [2.75, 3.05) is 40.3 Å². The second-order valence-corrected chi connectivity index (χ2v) is 6.22. The van der Waals surface area contributed by atoms with Crippen molar-refractivity contribution in [2.45, 2.75) is 0 Å². The maximum absolute atomic E-state index is 5.52.